The van der Waals surface area contributed by atoms with E-state index < -0.39 is 32.3 Å². The number of ketones is 2. The van der Waals surface area contributed by atoms with Crippen LogP contribution < -0.4 is 16.4 Å². The fraction of sp³-hybridized carbons (Fsp3) is 0.0455. The molecule has 0 aliphatic heterocycles. The number of hydrogen-bond acceptors (Lipinski definition) is 7. The Labute approximate surface area is 211 Å². The maximum atomic E-state index is 13.3. The molecule has 0 unspecified atom stereocenters. The number of fused-ring (bicyclic) bond motifs is 2. The summed E-state index contributed by atoms with van der Waals surface area (Å²) in [4.78, 5) is 37.1. The third-order valence-electron chi connectivity index (χ3n) is 4.94. The fourth-order valence-electron chi connectivity index (χ4n) is 3.64. The van der Waals surface area contributed by atoms with E-state index in [0.717, 1.165) is 6.07 Å². The van der Waals surface area contributed by atoms with Crippen molar-refractivity contribution in [3.05, 3.63) is 76.9 Å². The van der Waals surface area contributed by atoms with E-state index in [4.69, 9.17) is 5.73 Å². The van der Waals surface area contributed by atoms with Crippen molar-refractivity contribution in [2.75, 3.05) is 16.4 Å². The van der Waals surface area contributed by atoms with Gasteiger partial charge in [0.25, 0.3) is 10.1 Å². The third kappa shape index (κ3) is 4.56. The van der Waals surface area contributed by atoms with Crippen molar-refractivity contribution in [2.24, 2.45) is 0 Å². The number of benzene rings is 3. The van der Waals surface area contributed by atoms with Crippen molar-refractivity contribution < 1.29 is 27.4 Å². The number of hydrogen-bond donors (Lipinski definition) is 4. The normalized spacial score (nSPS) is 12.3. The number of nitrogen functional groups attached to an aromatic ring is 1. The monoisotopic (exact) mass is 474 g/mol. The van der Waals surface area contributed by atoms with Crippen LogP contribution >= 0.6 is 0 Å². The summed E-state index contributed by atoms with van der Waals surface area (Å²) >= 11 is 0. The summed E-state index contributed by atoms with van der Waals surface area (Å²) in [7, 11) is -4.81. The third-order valence-corrected chi connectivity index (χ3v) is 5.83. The van der Waals surface area contributed by atoms with Crippen LogP contribution in [0.2, 0.25) is 0 Å². The van der Waals surface area contributed by atoms with Crippen molar-refractivity contribution in [3.63, 3.8) is 0 Å². The average Bonchev–Trinajstić information content (AvgIpc) is 2.72. The van der Waals surface area contributed by atoms with E-state index in [1.807, 2.05) is 0 Å². The van der Waals surface area contributed by atoms with Gasteiger partial charge in [-0.3, -0.25) is 18.9 Å². The number of nitrogens with one attached hydrogen (secondary N) is 2. The molecule has 1 aliphatic rings. The minimum Gasteiger partial charge on any atom is -0.397 e. The molecular weight excluding hydrogens is 457 g/mol. The van der Waals surface area contributed by atoms with Crippen LogP contribution in [0.1, 0.15) is 38.8 Å². The number of carbonyl (C=O) groups excluding carboxylic acids is 3. The van der Waals surface area contributed by atoms with Crippen LogP contribution in [0.4, 0.5) is 22.7 Å². The topological polar surface area (TPSA) is 156 Å². The van der Waals surface area contributed by atoms with Gasteiger partial charge in [0.2, 0.25) is 5.91 Å². The molecule has 0 saturated carbocycles. The number of anilines is 4. The zero-order valence-electron chi connectivity index (χ0n) is 17.7. The molecule has 9 nitrogen and oxygen atoms in total. The van der Waals surface area contributed by atoms with Gasteiger partial charge in [-0.25, -0.2) is 0 Å². The zero-order valence-corrected chi connectivity index (χ0v) is 20.5. The van der Waals surface area contributed by atoms with E-state index in [2.05, 4.69) is 10.6 Å². The van der Waals surface area contributed by atoms with Crippen LogP contribution in [0.25, 0.3) is 0 Å². The van der Waals surface area contributed by atoms with Crippen molar-refractivity contribution >= 4 is 79.9 Å². The van der Waals surface area contributed by atoms with Gasteiger partial charge in [-0.15, -0.1) is 0 Å². The summed E-state index contributed by atoms with van der Waals surface area (Å²) in [5, 5.41) is 5.52. The molecule has 0 spiro atoms. The first-order valence-electron chi connectivity index (χ1n) is 9.35. The van der Waals surface area contributed by atoms with Gasteiger partial charge in [0.1, 0.15) is 4.90 Å². The van der Waals surface area contributed by atoms with E-state index in [1.165, 1.54) is 19.1 Å². The Bertz CT molecular complexity index is 1440. The smallest absolute Gasteiger partial charge is 0.296 e. The minimum absolute atomic E-state index is 0. The average molecular weight is 474 g/mol. The van der Waals surface area contributed by atoms with Crippen LogP contribution in [0.3, 0.4) is 0 Å². The summed E-state index contributed by atoms with van der Waals surface area (Å²) in [6.45, 7) is 1.34. The molecule has 3 aromatic rings. The Morgan fingerprint density at radius 3 is 2.06 bits per heavy atom. The maximum absolute atomic E-state index is 13.3. The molecule has 5 N–H and O–H groups in total. The SMILES string of the molecule is CC(=O)Nc1cccc(Nc2cc(S(=O)(=O)O)c(N)c3c2C(=O)c2ccccc2C3=O)c1.[Na]. The van der Waals surface area contributed by atoms with Crippen LogP contribution in [0.15, 0.2) is 59.5 Å². The second-order valence-electron chi connectivity index (χ2n) is 7.15. The number of rotatable bonds is 4. The second kappa shape index (κ2) is 9.08. The van der Waals surface area contributed by atoms with Crippen molar-refractivity contribution in [3.8, 4) is 0 Å². The van der Waals surface area contributed by atoms with Gasteiger partial charge in [0.15, 0.2) is 11.6 Å². The van der Waals surface area contributed by atoms with Gasteiger partial charge < -0.3 is 16.4 Å². The molecule has 0 bridgehead atoms. The summed E-state index contributed by atoms with van der Waals surface area (Å²) in [6, 6.07) is 13.6. The molecule has 1 amide bonds. The largest absolute Gasteiger partial charge is 0.397 e. The molecule has 1 aliphatic carbocycles. The summed E-state index contributed by atoms with van der Waals surface area (Å²) in [5.41, 5.74) is 6.09. The van der Waals surface area contributed by atoms with Gasteiger partial charge in [-0.2, -0.15) is 8.42 Å². The number of amides is 1. The van der Waals surface area contributed by atoms with Gasteiger partial charge in [0, 0.05) is 59.0 Å². The summed E-state index contributed by atoms with van der Waals surface area (Å²) < 4.78 is 33.6. The molecule has 0 aromatic heterocycles. The fourth-order valence-corrected chi connectivity index (χ4v) is 4.29. The quantitative estimate of drug-likeness (QED) is 0.200. The Morgan fingerprint density at radius 1 is 0.909 bits per heavy atom. The first-order chi connectivity index (χ1) is 15.1. The molecule has 1 radical (unpaired) electrons. The predicted molar refractivity (Wildman–Crippen MR) is 124 cm³/mol. The Kier molecular flexibility index (Phi) is 6.78. The maximum Gasteiger partial charge on any atom is 0.296 e. The second-order valence-corrected chi connectivity index (χ2v) is 8.54. The van der Waals surface area contributed by atoms with E-state index in [0.29, 0.717) is 11.4 Å². The van der Waals surface area contributed by atoms with Gasteiger partial charge >= 0.3 is 0 Å². The molecule has 163 valence electrons. The molecule has 4 rings (SSSR count). The first-order valence-corrected chi connectivity index (χ1v) is 10.8. The molecule has 3 aromatic carbocycles. The zero-order chi connectivity index (χ0) is 23.2. The van der Waals surface area contributed by atoms with Crippen LogP contribution in [0.5, 0.6) is 0 Å². The molecular formula is C22H17N3NaO6S. The van der Waals surface area contributed by atoms with Crippen molar-refractivity contribution in [1.29, 1.82) is 0 Å². The van der Waals surface area contributed by atoms with Crippen molar-refractivity contribution in [2.45, 2.75) is 11.8 Å². The van der Waals surface area contributed by atoms with Crippen molar-refractivity contribution in [1.82, 2.24) is 0 Å². The van der Waals surface area contributed by atoms with E-state index in [-0.39, 0.29) is 63.4 Å². The predicted octanol–water partition coefficient (Wildman–Crippen LogP) is 2.61. The molecule has 0 atom stereocenters. The Morgan fingerprint density at radius 2 is 1.48 bits per heavy atom. The molecule has 0 fully saturated rings. The summed E-state index contributed by atoms with van der Waals surface area (Å²) in [5.74, 6) is -1.45. The number of nitrogens with two attached hydrogens (primary N) is 1. The van der Waals surface area contributed by atoms with Crippen LogP contribution in [-0.2, 0) is 14.9 Å². The molecule has 33 heavy (non-hydrogen) atoms. The summed E-state index contributed by atoms with van der Waals surface area (Å²) in [6.07, 6.45) is 0. The van der Waals surface area contributed by atoms with Gasteiger partial charge in [0.05, 0.1) is 22.5 Å². The van der Waals surface area contributed by atoms with Crippen LogP contribution in [-0.4, -0.2) is 60.0 Å². The van der Waals surface area contributed by atoms with Crippen LogP contribution in [0, 0.1) is 0 Å². The standard InChI is InChI=1S/C22H17N3O6S.Na/c1-11(26)24-12-5-4-6-13(9-12)25-16-10-17(32(29,30)31)20(23)19-18(16)21(27)14-7-2-3-8-15(14)22(19)28;/h2-10,25H,23H2,1H3,(H,24,26)(H,29,30,31);. The van der Waals surface area contributed by atoms with E-state index in [1.54, 1.807) is 36.4 Å². The van der Waals surface area contributed by atoms with Gasteiger partial charge in [-0.1, -0.05) is 30.3 Å². The van der Waals surface area contributed by atoms with Gasteiger partial charge in [-0.05, 0) is 24.3 Å². The van der Waals surface area contributed by atoms with E-state index in [9.17, 15) is 27.4 Å². The molecule has 0 heterocycles. The number of carbonyl (C=O) groups is 3. The molecule has 0 saturated heterocycles. The Hall–Kier alpha value is -3.02. The first kappa shape index (κ1) is 24.6. The Balaban J connectivity index is 0.00000306. The van der Waals surface area contributed by atoms with E-state index >= 15 is 0 Å². The minimum atomic E-state index is -4.81. The molecule has 11 heteroatoms.